The fourth-order valence-corrected chi connectivity index (χ4v) is 3.58. The molecule has 1 atom stereocenters. The minimum Gasteiger partial charge on any atom is -0.507 e. The summed E-state index contributed by atoms with van der Waals surface area (Å²) in [4.78, 5) is 0. The third-order valence-electron chi connectivity index (χ3n) is 5.04. The van der Waals surface area contributed by atoms with Gasteiger partial charge in [-0.3, -0.25) is 0 Å². The van der Waals surface area contributed by atoms with Gasteiger partial charge in [0.2, 0.25) is 0 Å². The van der Waals surface area contributed by atoms with Gasteiger partial charge in [-0.2, -0.15) is 0 Å². The molecule has 124 valence electrons. The molecule has 3 N–H and O–H groups in total. The first-order valence-electron chi connectivity index (χ1n) is 8.65. The first-order valence-corrected chi connectivity index (χ1v) is 8.65. The van der Waals surface area contributed by atoms with E-state index in [1.807, 2.05) is 0 Å². The Morgan fingerprint density at radius 3 is 1.73 bits per heavy atom. The maximum atomic E-state index is 10.8. The molecule has 2 rings (SSSR count). The van der Waals surface area contributed by atoms with Gasteiger partial charge in [0.15, 0.2) is 0 Å². The van der Waals surface area contributed by atoms with Crippen molar-refractivity contribution in [1.29, 1.82) is 0 Å². The van der Waals surface area contributed by atoms with Gasteiger partial charge in [-0.1, -0.05) is 54.4 Å². The number of nitrogens with two attached hydrogens (primary N) is 1. The van der Waals surface area contributed by atoms with Crippen molar-refractivity contribution in [3.05, 3.63) is 28.8 Å². The van der Waals surface area contributed by atoms with Crippen LogP contribution in [0.15, 0.2) is 12.1 Å². The van der Waals surface area contributed by atoms with Gasteiger partial charge in [0.25, 0.3) is 0 Å². The average Bonchev–Trinajstić information content (AvgIpc) is 2.89. The van der Waals surface area contributed by atoms with Crippen molar-refractivity contribution in [3.8, 4) is 5.75 Å². The van der Waals surface area contributed by atoms with Crippen LogP contribution in [0.25, 0.3) is 0 Å². The molecule has 22 heavy (non-hydrogen) atoms. The molecule has 1 aliphatic carbocycles. The summed E-state index contributed by atoms with van der Waals surface area (Å²) < 4.78 is 0. The fraction of sp³-hybridized carbons (Fsp3) is 0.700. The van der Waals surface area contributed by atoms with E-state index in [-0.39, 0.29) is 16.9 Å². The number of benzene rings is 1. The topological polar surface area (TPSA) is 46.2 Å². The molecule has 0 radical (unpaired) electrons. The van der Waals surface area contributed by atoms with Crippen LogP contribution in [-0.2, 0) is 10.8 Å². The largest absolute Gasteiger partial charge is 0.507 e. The number of hydrogen-bond acceptors (Lipinski definition) is 2. The minimum absolute atomic E-state index is 0.0878. The highest BCUT2D eigenvalue weighted by atomic mass is 16.3. The number of rotatable bonds is 2. The predicted molar refractivity (Wildman–Crippen MR) is 94.4 cm³/mol. The summed E-state index contributed by atoms with van der Waals surface area (Å²) in [6.45, 7) is 12.9. The minimum atomic E-state index is -0.0878. The lowest BCUT2D eigenvalue weighted by atomic mass is 9.77. The van der Waals surface area contributed by atoms with E-state index in [0.717, 1.165) is 11.1 Å². The molecule has 2 heteroatoms. The van der Waals surface area contributed by atoms with Crippen LogP contribution in [0.1, 0.15) is 90.0 Å². The molecule has 0 spiro atoms. The maximum Gasteiger partial charge on any atom is 0.123 e. The van der Waals surface area contributed by atoms with Gasteiger partial charge < -0.3 is 10.8 Å². The summed E-state index contributed by atoms with van der Waals surface area (Å²) >= 11 is 0. The molecule has 1 aliphatic rings. The zero-order valence-corrected chi connectivity index (χ0v) is 15.2. The molecule has 0 aromatic heterocycles. The summed E-state index contributed by atoms with van der Waals surface area (Å²) in [5, 5.41) is 10.8. The van der Waals surface area contributed by atoms with E-state index < -0.39 is 0 Å². The smallest absolute Gasteiger partial charge is 0.123 e. The van der Waals surface area contributed by atoms with Gasteiger partial charge in [-0.25, -0.2) is 0 Å². The van der Waals surface area contributed by atoms with Crippen LogP contribution in [-0.4, -0.2) is 5.11 Å². The summed E-state index contributed by atoms with van der Waals surface area (Å²) in [5.41, 5.74) is 9.65. The van der Waals surface area contributed by atoms with Crippen LogP contribution in [0.4, 0.5) is 0 Å². The van der Waals surface area contributed by atoms with Gasteiger partial charge >= 0.3 is 0 Å². The van der Waals surface area contributed by atoms with Crippen molar-refractivity contribution in [1.82, 2.24) is 0 Å². The SMILES string of the molecule is CC(C)(C)c1cc([C@H](N)C2CCCC2)cc(C(C)(C)C)c1O. The second kappa shape index (κ2) is 5.88. The first-order chi connectivity index (χ1) is 10.0. The van der Waals surface area contributed by atoms with Gasteiger partial charge in [0, 0.05) is 6.04 Å². The summed E-state index contributed by atoms with van der Waals surface area (Å²) in [6, 6.07) is 4.38. The van der Waals surface area contributed by atoms with E-state index in [0.29, 0.717) is 11.7 Å². The molecule has 0 aliphatic heterocycles. The van der Waals surface area contributed by atoms with E-state index in [4.69, 9.17) is 5.73 Å². The molecule has 1 aromatic rings. The first kappa shape index (κ1) is 17.3. The van der Waals surface area contributed by atoms with Gasteiger partial charge in [-0.15, -0.1) is 0 Å². The van der Waals surface area contributed by atoms with Crippen molar-refractivity contribution in [2.24, 2.45) is 11.7 Å². The van der Waals surface area contributed by atoms with Crippen molar-refractivity contribution in [2.75, 3.05) is 0 Å². The third kappa shape index (κ3) is 3.48. The van der Waals surface area contributed by atoms with Crippen molar-refractivity contribution < 1.29 is 5.11 Å². The normalized spacial score (nSPS) is 18.7. The van der Waals surface area contributed by atoms with E-state index in [1.165, 1.54) is 31.2 Å². The molecular formula is C20H33NO. The Hall–Kier alpha value is -1.02. The molecule has 0 unspecified atom stereocenters. The second-order valence-corrected chi connectivity index (χ2v) is 9.03. The van der Waals surface area contributed by atoms with Crippen LogP contribution < -0.4 is 5.73 Å². The molecular weight excluding hydrogens is 270 g/mol. The molecule has 0 amide bonds. The maximum absolute atomic E-state index is 10.8. The predicted octanol–water partition coefficient (Wildman–Crippen LogP) is 5.18. The van der Waals surface area contributed by atoms with Gasteiger partial charge in [0.05, 0.1) is 0 Å². The van der Waals surface area contributed by atoms with Crippen LogP contribution in [0, 0.1) is 5.92 Å². The Kier molecular flexibility index (Phi) is 4.64. The Bertz CT molecular complexity index is 493. The van der Waals surface area contributed by atoms with E-state index in [1.54, 1.807) is 0 Å². The molecule has 1 aromatic carbocycles. The molecule has 1 saturated carbocycles. The number of phenolic OH excluding ortho intramolecular Hbond substituents is 1. The summed E-state index contributed by atoms with van der Waals surface area (Å²) in [7, 11) is 0. The Labute approximate surface area is 136 Å². The van der Waals surface area contributed by atoms with E-state index in [9.17, 15) is 5.11 Å². The lowest BCUT2D eigenvalue weighted by molar-refractivity contribution is 0.415. The molecule has 0 bridgehead atoms. The van der Waals surface area contributed by atoms with Gasteiger partial charge in [-0.05, 0) is 58.4 Å². The van der Waals surface area contributed by atoms with Gasteiger partial charge in [0.1, 0.15) is 5.75 Å². The van der Waals surface area contributed by atoms with Crippen LogP contribution in [0.2, 0.25) is 0 Å². The quantitative estimate of drug-likeness (QED) is 0.791. The second-order valence-electron chi connectivity index (χ2n) is 9.03. The molecule has 0 heterocycles. The molecule has 0 saturated heterocycles. The van der Waals surface area contributed by atoms with E-state index >= 15 is 0 Å². The number of phenols is 1. The van der Waals surface area contributed by atoms with Crippen LogP contribution in [0.3, 0.4) is 0 Å². The number of hydrogen-bond donors (Lipinski definition) is 2. The van der Waals surface area contributed by atoms with Crippen LogP contribution >= 0.6 is 0 Å². The van der Waals surface area contributed by atoms with Crippen molar-refractivity contribution >= 4 is 0 Å². The monoisotopic (exact) mass is 303 g/mol. The molecule has 2 nitrogen and oxygen atoms in total. The van der Waals surface area contributed by atoms with E-state index in [2.05, 4.69) is 53.7 Å². The Morgan fingerprint density at radius 2 is 1.36 bits per heavy atom. The summed E-state index contributed by atoms with van der Waals surface area (Å²) in [5.74, 6) is 1.03. The third-order valence-corrected chi connectivity index (χ3v) is 5.04. The van der Waals surface area contributed by atoms with Crippen molar-refractivity contribution in [2.45, 2.75) is 84.1 Å². The molecule has 1 fully saturated rings. The highest BCUT2D eigenvalue weighted by Crippen LogP contribution is 2.43. The highest BCUT2D eigenvalue weighted by molar-refractivity contribution is 5.50. The lowest BCUT2D eigenvalue weighted by Crippen LogP contribution is -2.23. The standard InChI is InChI=1S/C20H33NO/c1-19(2,3)15-11-14(17(21)13-9-7-8-10-13)12-16(18(15)22)20(4,5)6/h11-13,17,22H,7-10,21H2,1-6H3/t17-/m1/s1. The highest BCUT2D eigenvalue weighted by Gasteiger charge is 2.30. The average molecular weight is 303 g/mol. The summed E-state index contributed by atoms with van der Waals surface area (Å²) in [6.07, 6.45) is 5.07. The van der Waals surface area contributed by atoms with Crippen molar-refractivity contribution in [3.63, 3.8) is 0 Å². The van der Waals surface area contributed by atoms with Crippen LogP contribution in [0.5, 0.6) is 5.75 Å². The Morgan fingerprint density at radius 1 is 0.955 bits per heavy atom. The Balaban J connectivity index is 2.55. The zero-order chi connectivity index (χ0) is 16.7. The lowest BCUT2D eigenvalue weighted by Gasteiger charge is -2.30. The fourth-order valence-electron chi connectivity index (χ4n) is 3.58. The zero-order valence-electron chi connectivity index (χ0n) is 15.2. The number of aromatic hydroxyl groups is 1.